The van der Waals surface area contributed by atoms with Crippen LogP contribution in [0.1, 0.15) is 11.1 Å². The van der Waals surface area contributed by atoms with E-state index >= 15 is 0 Å². The molecular formula is C11H12F2O4. The Morgan fingerprint density at radius 1 is 1.29 bits per heavy atom. The van der Waals surface area contributed by atoms with Gasteiger partial charge in [0.15, 0.2) is 0 Å². The molecule has 0 spiro atoms. The molecule has 1 aromatic carbocycles. The Hall–Kier alpha value is -1.85. The molecule has 0 unspecified atom stereocenters. The number of hydrogen-bond acceptors (Lipinski definition) is 3. The van der Waals surface area contributed by atoms with Crippen LogP contribution in [0.2, 0.25) is 0 Å². The van der Waals surface area contributed by atoms with Gasteiger partial charge in [0.1, 0.15) is 11.5 Å². The van der Waals surface area contributed by atoms with Crippen molar-refractivity contribution in [2.45, 2.75) is 12.8 Å². The van der Waals surface area contributed by atoms with Gasteiger partial charge in [0, 0.05) is 6.07 Å². The first-order chi connectivity index (χ1) is 7.84. The summed E-state index contributed by atoms with van der Waals surface area (Å²) < 4.78 is 36.7. The van der Waals surface area contributed by atoms with Crippen LogP contribution in [0.5, 0.6) is 11.5 Å². The molecule has 6 heteroatoms. The number of carboxylic acid groups (broad SMARTS) is 1. The summed E-state index contributed by atoms with van der Waals surface area (Å²) in [4.78, 5) is 10.6. The number of carbonyl (C=O) groups is 1. The fourth-order valence-corrected chi connectivity index (χ4v) is 1.51. The molecule has 0 radical (unpaired) electrons. The highest BCUT2D eigenvalue weighted by atomic mass is 19.3. The fourth-order valence-electron chi connectivity index (χ4n) is 1.51. The van der Waals surface area contributed by atoms with Gasteiger partial charge in [-0.2, -0.15) is 8.78 Å². The third-order valence-electron chi connectivity index (χ3n) is 2.31. The summed E-state index contributed by atoms with van der Waals surface area (Å²) in [6.07, 6.45) is 0. The van der Waals surface area contributed by atoms with Gasteiger partial charge in [-0.3, -0.25) is 0 Å². The summed E-state index contributed by atoms with van der Waals surface area (Å²) >= 11 is 0. The van der Waals surface area contributed by atoms with Crippen LogP contribution in [0, 0.1) is 6.92 Å². The van der Waals surface area contributed by atoms with E-state index in [1.807, 2.05) is 0 Å². The van der Waals surface area contributed by atoms with Crippen molar-refractivity contribution in [2.24, 2.45) is 0 Å². The minimum Gasteiger partial charge on any atom is -0.497 e. The van der Waals surface area contributed by atoms with E-state index in [0.717, 1.165) is 0 Å². The van der Waals surface area contributed by atoms with Gasteiger partial charge in [0.05, 0.1) is 19.8 Å². The van der Waals surface area contributed by atoms with Gasteiger partial charge in [0.25, 0.3) is 0 Å². The van der Waals surface area contributed by atoms with Gasteiger partial charge in [-0.15, -0.1) is 0 Å². The highest BCUT2D eigenvalue weighted by molar-refractivity contribution is 5.79. The number of aliphatic carboxylic acids is 1. The maximum absolute atomic E-state index is 13.5. The average Bonchev–Trinajstić information content (AvgIpc) is 2.26. The zero-order valence-electron chi connectivity index (χ0n) is 9.58. The third-order valence-corrected chi connectivity index (χ3v) is 2.31. The molecule has 0 fully saturated rings. The van der Waals surface area contributed by atoms with Crippen LogP contribution in [-0.2, 0) is 10.7 Å². The predicted octanol–water partition coefficient (Wildman–Crippen LogP) is 2.19. The standard InChI is InChI=1S/C11H12F2O4/c1-6-4-7(16-2)5-8(17-3)9(6)11(12,13)10(14)15/h4-5H,1-3H3,(H,14,15). The highest BCUT2D eigenvalue weighted by Crippen LogP contribution is 2.39. The second-order valence-electron chi connectivity index (χ2n) is 3.40. The number of carboxylic acids is 1. The van der Waals surface area contributed by atoms with Gasteiger partial charge < -0.3 is 14.6 Å². The Morgan fingerprint density at radius 2 is 1.88 bits per heavy atom. The van der Waals surface area contributed by atoms with Crippen molar-refractivity contribution >= 4 is 5.97 Å². The summed E-state index contributed by atoms with van der Waals surface area (Å²) in [6.45, 7) is 1.37. The van der Waals surface area contributed by atoms with Gasteiger partial charge >= 0.3 is 11.9 Å². The van der Waals surface area contributed by atoms with Crippen molar-refractivity contribution in [1.82, 2.24) is 0 Å². The minimum atomic E-state index is -4.00. The van der Waals surface area contributed by atoms with E-state index in [1.165, 1.54) is 33.3 Å². The normalized spacial score (nSPS) is 11.1. The molecule has 0 aliphatic carbocycles. The first kappa shape index (κ1) is 13.2. The summed E-state index contributed by atoms with van der Waals surface area (Å²) in [5.74, 6) is -6.11. The van der Waals surface area contributed by atoms with Crippen molar-refractivity contribution in [3.05, 3.63) is 23.3 Å². The summed E-state index contributed by atoms with van der Waals surface area (Å²) in [7, 11) is 2.57. The van der Waals surface area contributed by atoms with Crippen LogP contribution in [0.4, 0.5) is 8.78 Å². The molecule has 1 rings (SSSR count). The number of benzene rings is 1. The van der Waals surface area contributed by atoms with E-state index in [0.29, 0.717) is 5.75 Å². The Morgan fingerprint density at radius 3 is 2.29 bits per heavy atom. The smallest absolute Gasteiger partial charge is 0.379 e. The average molecular weight is 246 g/mol. The van der Waals surface area contributed by atoms with Gasteiger partial charge in [-0.05, 0) is 18.6 Å². The Bertz CT molecular complexity index is 443. The largest absolute Gasteiger partial charge is 0.497 e. The van der Waals surface area contributed by atoms with Gasteiger partial charge in [-0.25, -0.2) is 4.79 Å². The van der Waals surface area contributed by atoms with Crippen molar-refractivity contribution < 1.29 is 28.2 Å². The second-order valence-corrected chi connectivity index (χ2v) is 3.40. The molecular weight excluding hydrogens is 234 g/mol. The molecule has 0 aliphatic heterocycles. The lowest BCUT2D eigenvalue weighted by atomic mass is 10.0. The van der Waals surface area contributed by atoms with Crippen LogP contribution in [-0.4, -0.2) is 25.3 Å². The molecule has 17 heavy (non-hydrogen) atoms. The van der Waals surface area contributed by atoms with Crippen molar-refractivity contribution in [3.63, 3.8) is 0 Å². The first-order valence-electron chi connectivity index (χ1n) is 4.69. The summed E-state index contributed by atoms with van der Waals surface area (Å²) in [5.41, 5.74) is -0.568. The predicted molar refractivity (Wildman–Crippen MR) is 55.8 cm³/mol. The molecule has 0 saturated heterocycles. The number of hydrogen-bond donors (Lipinski definition) is 1. The SMILES string of the molecule is COc1cc(C)c(C(F)(F)C(=O)O)c(OC)c1. The zero-order chi connectivity index (χ0) is 13.2. The first-order valence-corrected chi connectivity index (χ1v) is 4.69. The van der Waals surface area contributed by atoms with Crippen molar-refractivity contribution in [3.8, 4) is 11.5 Å². The van der Waals surface area contributed by atoms with E-state index in [9.17, 15) is 13.6 Å². The lowest BCUT2D eigenvalue weighted by Gasteiger charge is -2.18. The monoisotopic (exact) mass is 246 g/mol. The molecule has 4 nitrogen and oxygen atoms in total. The number of ether oxygens (including phenoxy) is 2. The van der Waals surface area contributed by atoms with E-state index in [-0.39, 0.29) is 11.3 Å². The van der Waals surface area contributed by atoms with Crippen LogP contribution in [0.3, 0.4) is 0 Å². The molecule has 0 aliphatic rings. The third kappa shape index (κ3) is 2.30. The van der Waals surface area contributed by atoms with E-state index in [2.05, 4.69) is 0 Å². The molecule has 0 atom stereocenters. The number of alkyl halides is 2. The number of halogens is 2. The lowest BCUT2D eigenvalue weighted by Crippen LogP contribution is -2.27. The molecule has 0 bridgehead atoms. The maximum Gasteiger partial charge on any atom is 0.379 e. The number of rotatable bonds is 4. The Balaban J connectivity index is 3.47. The van der Waals surface area contributed by atoms with Crippen LogP contribution >= 0.6 is 0 Å². The van der Waals surface area contributed by atoms with E-state index < -0.39 is 17.5 Å². The fraction of sp³-hybridized carbons (Fsp3) is 0.364. The summed E-state index contributed by atoms with van der Waals surface area (Å²) in [5, 5.41) is 8.53. The molecule has 0 aromatic heterocycles. The second kappa shape index (κ2) is 4.57. The topological polar surface area (TPSA) is 55.8 Å². The molecule has 0 heterocycles. The molecule has 0 saturated carbocycles. The van der Waals surface area contributed by atoms with Gasteiger partial charge in [-0.1, -0.05) is 0 Å². The minimum absolute atomic E-state index is 0.0913. The quantitative estimate of drug-likeness (QED) is 0.884. The Labute approximate surface area is 96.8 Å². The maximum atomic E-state index is 13.5. The van der Waals surface area contributed by atoms with E-state index in [4.69, 9.17) is 14.6 Å². The van der Waals surface area contributed by atoms with Crippen molar-refractivity contribution in [1.29, 1.82) is 0 Å². The number of methoxy groups -OCH3 is 2. The van der Waals surface area contributed by atoms with E-state index in [1.54, 1.807) is 0 Å². The lowest BCUT2D eigenvalue weighted by molar-refractivity contribution is -0.166. The van der Waals surface area contributed by atoms with Crippen molar-refractivity contribution in [2.75, 3.05) is 14.2 Å². The molecule has 94 valence electrons. The Kier molecular flexibility index (Phi) is 3.55. The summed E-state index contributed by atoms with van der Waals surface area (Å²) in [6, 6.07) is 2.55. The van der Waals surface area contributed by atoms with Gasteiger partial charge in [0.2, 0.25) is 0 Å². The number of aryl methyl sites for hydroxylation is 1. The molecule has 1 N–H and O–H groups in total. The zero-order valence-corrected chi connectivity index (χ0v) is 9.58. The van der Waals surface area contributed by atoms with Crippen LogP contribution in [0.15, 0.2) is 12.1 Å². The van der Waals surface area contributed by atoms with Crippen LogP contribution in [0.25, 0.3) is 0 Å². The highest BCUT2D eigenvalue weighted by Gasteiger charge is 2.45. The van der Waals surface area contributed by atoms with Crippen LogP contribution < -0.4 is 9.47 Å². The molecule has 0 amide bonds. The molecule has 1 aromatic rings.